The van der Waals surface area contributed by atoms with E-state index in [0.29, 0.717) is 17.6 Å². The van der Waals surface area contributed by atoms with Gasteiger partial charge < -0.3 is 10.2 Å². The Balaban J connectivity index is 2.26. The molecule has 2 atom stereocenters. The first-order chi connectivity index (χ1) is 8.99. The van der Waals surface area contributed by atoms with Crippen molar-refractivity contribution in [2.75, 3.05) is 0 Å². The highest BCUT2D eigenvalue weighted by Gasteiger charge is 2.23. The molecule has 0 spiro atoms. The molecule has 1 aromatic rings. The number of nitrogens with zero attached hydrogens (tertiary/aromatic N) is 2. The Bertz CT molecular complexity index is 475. The predicted octanol–water partition coefficient (Wildman–Crippen LogP) is 3.08. The minimum absolute atomic E-state index is 0.0637. The third-order valence-corrected chi connectivity index (χ3v) is 3.78. The molecule has 0 saturated carbocycles. The number of phenolic OH excluding ortho intramolecular Hbond substituents is 2. The van der Waals surface area contributed by atoms with Gasteiger partial charge in [-0.25, -0.2) is 0 Å². The molecule has 4 nitrogen and oxygen atoms in total. The van der Waals surface area contributed by atoms with Gasteiger partial charge in [-0.15, -0.1) is 0 Å². The second-order valence-electron chi connectivity index (χ2n) is 5.40. The third kappa shape index (κ3) is 3.00. The molecule has 1 aliphatic heterocycles. The highest BCUT2D eigenvalue weighted by atomic mass is 16.3. The van der Waals surface area contributed by atoms with Crippen LogP contribution in [0, 0.1) is 0 Å². The Morgan fingerprint density at radius 3 is 2.42 bits per heavy atom. The SMILES string of the molecule is C/C(=N\N1[C@@H](C)CCC[C@@H]1C)c1ccc(O)cc1O. The number of hydrogen-bond donors (Lipinski definition) is 2. The summed E-state index contributed by atoms with van der Waals surface area (Å²) in [6.45, 7) is 6.26. The molecule has 0 unspecified atom stereocenters. The molecule has 19 heavy (non-hydrogen) atoms. The van der Waals surface area contributed by atoms with Crippen molar-refractivity contribution >= 4 is 5.71 Å². The summed E-state index contributed by atoms with van der Waals surface area (Å²) in [5.74, 6) is 0.132. The van der Waals surface area contributed by atoms with Crippen LogP contribution in [0.2, 0.25) is 0 Å². The molecule has 1 fully saturated rings. The summed E-state index contributed by atoms with van der Waals surface area (Å²) in [6, 6.07) is 5.47. The quantitative estimate of drug-likeness (QED) is 0.805. The van der Waals surface area contributed by atoms with Crippen molar-refractivity contribution in [1.82, 2.24) is 5.01 Å². The minimum Gasteiger partial charge on any atom is -0.508 e. The van der Waals surface area contributed by atoms with E-state index in [0.717, 1.165) is 18.6 Å². The lowest BCUT2D eigenvalue weighted by Gasteiger charge is -2.37. The molecule has 0 amide bonds. The Hall–Kier alpha value is -1.71. The normalized spacial score (nSPS) is 24.6. The minimum atomic E-state index is 0.0637. The monoisotopic (exact) mass is 262 g/mol. The maximum absolute atomic E-state index is 9.86. The van der Waals surface area contributed by atoms with E-state index in [2.05, 4.69) is 24.0 Å². The second kappa shape index (κ2) is 5.51. The number of aromatic hydroxyl groups is 2. The van der Waals surface area contributed by atoms with Crippen LogP contribution < -0.4 is 0 Å². The van der Waals surface area contributed by atoms with E-state index < -0.39 is 0 Å². The molecule has 0 aromatic heterocycles. The molecule has 4 heteroatoms. The second-order valence-corrected chi connectivity index (χ2v) is 5.40. The zero-order chi connectivity index (χ0) is 14.0. The van der Waals surface area contributed by atoms with Crippen LogP contribution in [0.15, 0.2) is 23.3 Å². The van der Waals surface area contributed by atoms with Crippen molar-refractivity contribution in [3.63, 3.8) is 0 Å². The molecule has 104 valence electrons. The molecule has 0 radical (unpaired) electrons. The lowest BCUT2D eigenvalue weighted by Crippen LogP contribution is -2.40. The van der Waals surface area contributed by atoms with Crippen molar-refractivity contribution in [3.05, 3.63) is 23.8 Å². The third-order valence-electron chi connectivity index (χ3n) is 3.78. The van der Waals surface area contributed by atoms with E-state index in [-0.39, 0.29) is 11.5 Å². The van der Waals surface area contributed by atoms with Crippen LogP contribution in [0.25, 0.3) is 0 Å². The molecular formula is C15H22N2O2. The maximum Gasteiger partial charge on any atom is 0.128 e. The number of piperidine rings is 1. The number of hydrazone groups is 1. The fourth-order valence-electron chi connectivity index (χ4n) is 2.66. The van der Waals surface area contributed by atoms with Crippen LogP contribution in [-0.2, 0) is 0 Å². The molecule has 0 aliphatic carbocycles. The van der Waals surface area contributed by atoms with Gasteiger partial charge >= 0.3 is 0 Å². The van der Waals surface area contributed by atoms with Crippen LogP contribution in [0.1, 0.15) is 45.6 Å². The Kier molecular flexibility index (Phi) is 3.98. The van der Waals surface area contributed by atoms with Gasteiger partial charge in [0.1, 0.15) is 11.5 Å². The van der Waals surface area contributed by atoms with E-state index in [1.807, 2.05) is 6.92 Å². The van der Waals surface area contributed by atoms with Crippen molar-refractivity contribution in [3.8, 4) is 11.5 Å². The fourth-order valence-corrected chi connectivity index (χ4v) is 2.66. The van der Waals surface area contributed by atoms with Crippen molar-refractivity contribution < 1.29 is 10.2 Å². The van der Waals surface area contributed by atoms with Crippen LogP contribution in [0.3, 0.4) is 0 Å². The summed E-state index contributed by atoms with van der Waals surface area (Å²) >= 11 is 0. The number of hydrogen-bond acceptors (Lipinski definition) is 4. The molecule has 1 heterocycles. The average Bonchev–Trinajstić information content (AvgIpc) is 2.33. The van der Waals surface area contributed by atoms with Crippen LogP contribution in [0.5, 0.6) is 11.5 Å². The van der Waals surface area contributed by atoms with Gasteiger partial charge in [0.2, 0.25) is 0 Å². The smallest absolute Gasteiger partial charge is 0.128 e. The first-order valence-electron chi connectivity index (χ1n) is 6.85. The van der Waals surface area contributed by atoms with E-state index in [4.69, 9.17) is 0 Å². The zero-order valence-electron chi connectivity index (χ0n) is 11.8. The molecule has 0 bridgehead atoms. The fraction of sp³-hybridized carbons (Fsp3) is 0.533. The van der Waals surface area contributed by atoms with Gasteiger partial charge in [-0.2, -0.15) is 5.10 Å². The molecular weight excluding hydrogens is 240 g/mol. The summed E-state index contributed by atoms with van der Waals surface area (Å²) in [5.41, 5.74) is 1.45. The standard InChI is InChI=1S/C15H22N2O2/c1-10-5-4-6-11(2)17(10)16-12(3)14-8-7-13(18)9-15(14)19/h7-11,18-19H,4-6H2,1-3H3/b16-12+/t10-,11-/m0/s1. The lowest BCUT2D eigenvalue weighted by molar-refractivity contribution is 0.108. The summed E-state index contributed by atoms with van der Waals surface area (Å²) in [7, 11) is 0. The van der Waals surface area contributed by atoms with Gasteiger partial charge in [-0.05, 0) is 52.2 Å². The zero-order valence-corrected chi connectivity index (χ0v) is 11.8. The summed E-state index contributed by atoms with van der Waals surface area (Å²) < 4.78 is 0. The molecule has 1 saturated heterocycles. The van der Waals surface area contributed by atoms with E-state index in [1.165, 1.54) is 12.5 Å². The molecule has 2 N–H and O–H groups in total. The van der Waals surface area contributed by atoms with Crippen molar-refractivity contribution in [2.45, 2.75) is 52.1 Å². The molecule has 2 rings (SSSR count). The van der Waals surface area contributed by atoms with Crippen molar-refractivity contribution in [2.24, 2.45) is 5.10 Å². The summed E-state index contributed by atoms with van der Waals surface area (Å²) in [6.07, 6.45) is 3.56. The topological polar surface area (TPSA) is 56.1 Å². The average molecular weight is 262 g/mol. The Morgan fingerprint density at radius 1 is 1.21 bits per heavy atom. The number of rotatable bonds is 2. The van der Waals surface area contributed by atoms with Gasteiger partial charge in [0.15, 0.2) is 0 Å². The Morgan fingerprint density at radius 2 is 1.84 bits per heavy atom. The van der Waals surface area contributed by atoms with Gasteiger partial charge in [0, 0.05) is 23.7 Å². The molecule has 1 aromatic carbocycles. The van der Waals surface area contributed by atoms with Crippen LogP contribution in [0.4, 0.5) is 0 Å². The van der Waals surface area contributed by atoms with Gasteiger partial charge in [-0.3, -0.25) is 5.01 Å². The Labute approximate surface area is 114 Å². The number of phenols is 2. The largest absolute Gasteiger partial charge is 0.508 e. The van der Waals surface area contributed by atoms with E-state index in [9.17, 15) is 10.2 Å². The van der Waals surface area contributed by atoms with E-state index in [1.54, 1.807) is 12.1 Å². The highest BCUT2D eigenvalue weighted by molar-refractivity contribution is 6.01. The number of benzene rings is 1. The highest BCUT2D eigenvalue weighted by Crippen LogP contribution is 2.26. The first kappa shape index (κ1) is 13.7. The van der Waals surface area contributed by atoms with E-state index >= 15 is 0 Å². The van der Waals surface area contributed by atoms with Crippen molar-refractivity contribution in [1.29, 1.82) is 0 Å². The van der Waals surface area contributed by atoms with Gasteiger partial charge in [-0.1, -0.05) is 0 Å². The molecule has 1 aliphatic rings. The van der Waals surface area contributed by atoms with Gasteiger partial charge in [0.25, 0.3) is 0 Å². The van der Waals surface area contributed by atoms with Crippen LogP contribution in [-0.4, -0.2) is 33.0 Å². The lowest BCUT2D eigenvalue weighted by atomic mass is 10.00. The summed E-state index contributed by atoms with van der Waals surface area (Å²) in [5, 5.41) is 26.0. The van der Waals surface area contributed by atoms with Crippen LogP contribution >= 0.6 is 0 Å². The maximum atomic E-state index is 9.86. The summed E-state index contributed by atoms with van der Waals surface area (Å²) in [4.78, 5) is 0. The van der Waals surface area contributed by atoms with Gasteiger partial charge in [0.05, 0.1) is 5.71 Å². The predicted molar refractivity (Wildman–Crippen MR) is 76.6 cm³/mol. The first-order valence-corrected chi connectivity index (χ1v) is 6.85.